The minimum atomic E-state index is -0.0456. The van der Waals surface area contributed by atoms with E-state index in [2.05, 4.69) is 29.4 Å². The highest BCUT2D eigenvalue weighted by Gasteiger charge is 2.27. The fourth-order valence-electron chi connectivity index (χ4n) is 2.93. The highest BCUT2D eigenvalue weighted by atomic mass is 16.5. The first kappa shape index (κ1) is 16.5. The van der Waals surface area contributed by atoms with Crippen molar-refractivity contribution in [2.75, 3.05) is 20.3 Å². The van der Waals surface area contributed by atoms with Gasteiger partial charge in [0.2, 0.25) is 5.91 Å². The Morgan fingerprint density at radius 2 is 2.29 bits per heavy atom. The molecule has 3 rings (SSSR count). The molecule has 1 amide bonds. The van der Waals surface area contributed by atoms with E-state index >= 15 is 0 Å². The summed E-state index contributed by atoms with van der Waals surface area (Å²) in [7, 11) is 1.59. The lowest BCUT2D eigenvalue weighted by Crippen LogP contribution is -2.34. The number of aromatic nitrogens is 1. The van der Waals surface area contributed by atoms with E-state index in [1.807, 2.05) is 18.2 Å². The van der Waals surface area contributed by atoms with Crippen molar-refractivity contribution >= 4 is 5.91 Å². The number of amides is 1. The molecule has 1 N–H and O–H groups in total. The van der Waals surface area contributed by atoms with Crippen LogP contribution in [0, 0.1) is 6.92 Å². The number of fused-ring (bicyclic) bond motifs is 1. The second-order valence-electron chi connectivity index (χ2n) is 6.01. The zero-order valence-electron chi connectivity index (χ0n) is 14.0. The highest BCUT2D eigenvalue weighted by Crippen LogP contribution is 2.38. The smallest absolute Gasteiger partial charge is 0.222 e. The third kappa shape index (κ3) is 3.74. The summed E-state index contributed by atoms with van der Waals surface area (Å²) in [5, 5.41) is 2.91. The van der Waals surface area contributed by atoms with Crippen molar-refractivity contribution in [2.45, 2.75) is 25.9 Å². The summed E-state index contributed by atoms with van der Waals surface area (Å²) in [6, 6.07) is 10.1. The Labute approximate surface area is 142 Å². The van der Waals surface area contributed by atoms with E-state index in [1.54, 1.807) is 13.3 Å². The molecular weight excluding hydrogens is 304 g/mol. The van der Waals surface area contributed by atoms with Gasteiger partial charge < -0.3 is 14.8 Å². The van der Waals surface area contributed by atoms with Crippen LogP contribution in [0.15, 0.2) is 36.5 Å². The van der Waals surface area contributed by atoms with Crippen molar-refractivity contribution in [3.05, 3.63) is 47.7 Å². The summed E-state index contributed by atoms with van der Waals surface area (Å²) in [6.45, 7) is 3.01. The molecule has 0 radical (unpaired) electrons. The van der Waals surface area contributed by atoms with Crippen molar-refractivity contribution < 1.29 is 14.3 Å². The maximum absolute atomic E-state index is 11.7. The summed E-state index contributed by atoms with van der Waals surface area (Å²) in [6.07, 6.45) is 2.90. The van der Waals surface area contributed by atoms with Gasteiger partial charge >= 0.3 is 0 Å². The van der Waals surface area contributed by atoms with E-state index in [9.17, 15) is 4.79 Å². The molecule has 1 atom stereocenters. The summed E-state index contributed by atoms with van der Waals surface area (Å²) in [5.41, 5.74) is 4.27. The van der Waals surface area contributed by atoms with Crippen LogP contribution in [0.25, 0.3) is 11.3 Å². The van der Waals surface area contributed by atoms with Crippen LogP contribution in [0.4, 0.5) is 0 Å². The van der Waals surface area contributed by atoms with Crippen LogP contribution in [0.2, 0.25) is 0 Å². The number of hydrogen-bond acceptors (Lipinski definition) is 4. The number of rotatable bonds is 6. The van der Waals surface area contributed by atoms with Gasteiger partial charge in [0.25, 0.3) is 0 Å². The number of ether oxygens (including phenoxy) is 2. The molecule has 0 bridgehead atoms. The lowest BCUT2D eigenvalue weighted by Gasteiger charge is -2.13. The molecule has 2 aromatic rings. The average Bonchev–Trinajstić information content (AvgIpc) is 3.00. The predicted molar refractivity (Wildman–Crippen MR) is 92.0 cm³/mol. The third-order valence-corrected chi connectivity index (χ3v) is 4.04. The highest BCUT2D eigenvalue weighted by molar-refractivity contribution is 5.76. The Balaban J connectivity index is 1.72. The molecule has 1 aromatic carbocycles. The fourth-order valence-corrected chi connectivity index (χ4v) is 2.93. The van der Waals surface area contributed by atoms with Gasteiger partial charge in [-0.2, -0.15) is 0 Å². The summed E-state index contributed by atoms with van der Waals surface area (Å²) < 4.78 is 11.0. The van der Waals surface area contributed by atoms with E-state index in [0.29, 0.717) is 19.6 Å². The molecule has 5 heteroatoms. The van der Waals surface area contributed by atoms with Crippen molar-refractivity contribution in [3.8, 4) is 17.0 Å². The number of carbonyl (C=O) groups excluding carboxylic acids is 1. The fraction of sp³-hybridized carbons (Fsp3) is 0.368. The number of nitrogens with zero attached hydrogens (tertiary/aromatic N) is 1. The Hall–Kier alpha value is -2.40. The molecule has 0 saturated heterocycles. The predicted octanol–water partition coefficient (Wildman–Crippen LogP) is 2.51. The number of methoxy groups -OCH3 is 1. The molecule has 0 unspecified atom stereocenters. The van der Waals surface area contributed by atoms with Crippen molar-refractivity contribution in [2.24, 2.45) is 0 Å². The minimum absolute atomic E-state index is 0.0162. The van der Waals surface area contributed by atoms with Crippen molar-refractivity contribution in [1.82, 2.24) is 10.3 Å². The Bertz CT molecular complexity index is 716. The lowest BCUT2D eigenvalue weighted by molar-refractivity contribution is -0.122. The number of nitrogens with one attached hydrogen (secondary N) is 1. The van der Waals surface area contributed by atoms with E-state index in [-0.39, 0.29) is 12.0 Å². The Morgan fingerprint density at radius 1 is 1.42 bits per heavy atom. The SMILES string of the molecule is COCCC(=O)NC[C@H]1Cc2cc(C)cc(-c3ccccn3)c2O1. The molecule has 0 saturated carbocycles. The van der Waals surface area contributed by atoms with Gasteiger partial charge in [0, 0.05) is 31.7 Å². The van der Waals surface area contributed by atoms with Crippen molar-refractivity contribution in [1.29, 1.82) is 0 Å². The molecule has 24 heavy (non-hydrogen) atoms. The van der Waals surface area contributed by atoms with Gasteiger partial charge in [0.15, 0.2) is 0 Å². The van der Waals surface area contributed by atoms with E-state index in [0.717, 1.165) is 23.4 Å². The van der Waals surface area contributed by atoms with Gasteiger partial charge in [-0.25, -0.2) is 0 Å². The summed E-state index contributed by atoms with van der Waals surface area (Å²) in [5.74, 6) is 0.868. The monoisotopic (exact) mass is 326 g/mol. The first-order valence-corrected chi connectivity index (χ1v) is 8.14. The topological polar surface area (TPSA) is 60.5 Å². The Morgan fingerprint density at radius 3 is 3.04 bits per heavy atom. The summed E-state index contributed by atoms with van der Waals surface area (Å²) >= 11 is 0. The van der Waals surface area contributed by atoms with Gasteiger partial charge in [0.1, 0.15) is 11.9 Å². The molecular formula is C19H22N2O3. The van der Waals surface area contributed by atoms with Crippen molar-refractivity contribution in [3.63, 3.8) is 0 Å². The number of benzene rings is 1. The quantitative estimate of drug-likeness (QED) is 0.886. The molecule has 0 aliphatic carbocycles. The average molecular weight is 326 g/mol. The van der Waals surface area contributed by atoms with Gasteiger partial charge in [0.05, 0.1) is 18.8 Å². The second kappa shape index (κ2) is 7.45. The zero-order valence-corrected chi connectivity index (χ0v) is 14.0. The number of hydrogen-bond donors (Lipinski definition) is 1. The normalized spacial score (nSPS) is 15.7. The molecule has 0 spiro atoms. The van der Waals surface area contributed by atoms with Crippen LogP contribution in [0.5, 0.6) is 5.75 Å². The van der Waals surface area contributed by atoms with Crippen LogP contribution in [0.3, 0.4) is 0 Å². The van der Waals surface area contributed by atoms with E-state index in [1.165, 1.54) is 11.1 Å². The number of carbonyl (C=O) groups is 1. The molecule has 1 aliphatic rings. The van der Waals surface area contributed by atoms with Crippen LogP contribution in [-0.4, -0.2) is 37.3 Å². The van der Waals surface area contributed by atoms with Gasteiger partial charge in [-0.05, 0) is 36.2 Å². The van der Waals surface area contributed by atoms with Gasteiger partial charge in [-0.1, -0.05) is 12.1 Å². The van der Waals surface area contributed by atoms with Crippen LogP contribution in [0.1, 0.15) is 17.5 Å². The van der Waals surface area contributed by atoms with Crippen LogP contribution in [-0.2, 0) is 16.0 Å². The van der Waals surface area contributed by atoms with Gasteiger partial charge in [-0.15, -0.1) is 0 Å². The first-order valence-electron chi connectivity index (χ1n) is 8.14. The maximum Gasteiger partial charge on any atom is 0.222 e. The molecule has 2 heterocycles. The minimum Gasteiger partial charge on any atom is -0.487 e. The molecule has 126 valence electrons. The lowest BCUT2D eigenvalue weighted by atomic mass is 10.0. The number of pyridine rings is 1. The Kier molecular flexibility index (Phi) is 5.11. The molecule has 1 aromatic heterocycles. The van der Waals surface area contributed by atoms with E-state index < -0.39 is 0 Å². The third-order valence-electron chi connectivity index (χ3n) is 4.04. The summed E-state index contributed by atoms with van der Waals surface area (Å²) in [4.78, 5) is 16.2. The zero-order chi connectivity index (χ0) is 16.9. The van der Waals surface area contributed by atoms with E-state index in [4.69, 9.17) is 9.47 Å². The molecule has 1 aliphatic heterocycles. The van der Waals surface area contributed by atoms with Crippen LogP contribution >= 0.6 is 0 Å². The first-order chi connectivity index (χ1) is 11.7. The van der Waals surface area contributed by atoms with Crippen LogP contribution < -0.4 is 10.1 Å². The standard InChI is InChI=1S/C19H22N2O3/c1-13-9-14-11-15(12-21-18(22)6-8-23-2)24-19(14)16(10-13)17-5-3-4-7-20-17/h3-5,7,9-10,15H,6,8,11-12H2,1-2H3,(H,21,22)/t15-/m1/s1. The molecule has 0 fully saturated rings. The largest absolute Gasteiger partial charge is 0.487 e. The molecule has 5 nitrogen and oxygen atoms in total. The van der Waals surface area contributed by atoms with Gasteiger partial charge in [-0.3, -0.25) is 9.78 Å². The maximum atomic E-state index is 11.7. The number of aryl methyl sites for hydroxylation is 1. The second-order valence-corrected chi connectivity index (χ2v) is 6.01.